The highest BCUT2D eigenvalue weighted by atomic mass is 79.9. The summed E-state index contributed by atoms with van der Waals surface area (Å²) in [4.78, 5) is 12.2. The van der Waals surface area contributed by atoms with Crippen LogP contribution in [0.5, 0.6) is 0 Å². The lowest BCUT2D eigenvalue weighted by atomic mass is 9.99. The molecule has 0 N–H and O–H groups in total. The van der Waals surface area contributed by atoms with Crippen molar-refractivity contribution in [3.63, 3.8) is 0 Å². The molecule has 1 nitrogen and oxygen atoms in total. The van der Waals surface area contributed by atoms with Gasteiger partial charge in [0.1, 0.15) is 0 Å². The Morgan fingerprint density at radius 3 is 2.17 bits per heavy atom. The van der Waals surface area contributed by atoms with E-state index in [0.717, 1.165) is 21.2 Å². The van der Waals surface area contributed by atoms with Gasteiger partial charge in [-0.15, -0.1) is 0 Å². The third kappa shape index (κ3) is 3.85. The van der Waals surface area contributed by atoms with Crippen LogP contribution in [0.15, 0.2) is 89.4 Å². The predicted octanol–water partition coefficient (Wildman–Crippen LogP) is 6.01. The summed E-state index contributed by atoms with van der Waals surface area (Å²) < 4.78 is 1.05. The summed E-state index contributed by atoms with van der Waals surface area (Å²) in [5, 5.41) is 0. The number of carbonyl (C=O) groups is 1. The van der Waals surface area contributed by atoms with Gasteiger partial charge in [0.25, 0.3) is 0 Å². The van der Waals surface area contributed by atoms with Gasteiger partial charge >= 0.3 is 0 Å². The monoisotopic (exact) mass is 362 g/mol. The Morgan fingerprint density at radius 1 is 0.783 bits per heavy atom. The molecule has 0 aromatic heterocycles. The zero-order chi connectivity index (χ0) is 16.1. The van der Waals surface area contributed by atoms with Gasteiger partial charge < -0.3 is 0 Å². The summed E-state index contributed by atoms with van der Waals surface area (Å²) in [5.74, 6) is 0.0104. The lowest BCUT2D eigenvalue weighted by molar-refractivity contribution is 0.104. The van der Waals surface area contributed by atoms with Crippen molar-refractivity contribution in [2.24, 2.45) is 0 Å². The van der Waals surface area contributed by atoms with Gasteiger partial charge in [0.2, 0.25) is 0 Å². The third-order valence-electron chi connectivity index (χ3n) is 3.59. The lowest BCUT2D eigenvalue weighted by Crippen LogP contribution is -1.93. The average molecular weight is 363 g/mol. The molecule has 0 aliphatic carbocycles. The van der Waals surface area contributed by atoms with E-state index < -0.39 is 0 Å². The van der Waals surface area contributed by atoms with Crippen LogP contribution in [-0.4, -0.2) is 5.78 Å². The van der Waals surface area contributed by atoms with Crippen LogP contribution in [0.4, 0.5) is 0 Å². The molecule has 0 bridgehead atoms. The molecule has 0 fully saturated rings. The van der Waals surface area contributed by atoms with Crippen molar-refractivity contribution in [1.29, 1.82) is 0 Å². The summed E-state index contributed by atoms with van der Waals surface area (Å²) >= 11 is 3.45. The molecule has 3 rings (SSSR count). The Bertz CT molecular complexity index is 833. The quantitative estimate of drug-likeness (QED) is 0.410. The molecule has 112 valence electrons. The van der Waals surface area contributed by atoms with Crippen molar-refractivity contribution in [2.75, 3.05) is 0 Å². The van der Waals surface area contributed by atoms with E-state index in [1.165, 1.54) is 0 Å². The second-order valence-corrected chi connectivity index (χ2v) is 6.07. The van der Waals surface area contributed by atoms with E-state index in [9.17, 15) is 4.79 Å². The molecule has 0 aliphatic rings. The van der Waals surface area contributed by atoms with Gasteiger partial charge in [-0.3, -0.25) is 4.79 Å². The lowest BCUT2D eigenvalue weighted by Gasteiger charge is -2.06. The van der Waals surface area contributed by atoms with Crippen LogP contribution in [0.1, 0.15) is 15.9 Å². The number of carbonyl (C=O) groups excluding carboxylic acids is 1. The minimum Gasteiger partial charge on any atom is -0.289 e. The first-order valence-corrected chi connectivity index (χ1v) is 8.16. The summed E-state index contributed by atoms with van der Waals surface area (Å²) in [6.07, 6.45) is 3.51. The Kier molecular flexibility index (Phi) is 4.84. The maximum Gasteiger partial charge on any atom is 0.185 e. The topological polar surface area (TPSA) is 17.1 Å². The molecule has 0 amide bonds. The fraction of sp³-hybridized carbons (Fsp3) is 0. The Morgan fingerprint density at radius 2 is 1.43 bits per heavy atom. The smallest absolute Gasteiger partial charge is 0.185 e. The second kappa shape index (κ2) is 7.21. The van der Waals surface area contributed by atoms with Crippen LogP contribution in [0.2, 0.25) is 0 Å². The van der Waals surface area contributed by atoms with E-state index >= 15 is 0 Å². The van der Waals surface area contributed by atoms with Crippen LogP contribution >= 0.6 is 15.9 Å². The van der Waals surface area contributed by atoms with Gasteiger partial charge in [-0.1, -0.05) is 88.7 Å². The standard InChI is InChI=1S/C21H15BrO/c22-19-13-10-17(11-14-19)20-9-5-4-6-16(20)12-15-21(23)18-7-2-1-3-8-18/h1-15H. The summed E-state index contributed by atoms with van der Waals surface area (Å²) in [6.45, 7) is 0. The van der Waals surface area contributed by atoms with Crippen molar-refractivity contribution >= 4 is 27.8 Å². The Hall–Kier alpha value is -2.45. The largest absolute Gasteiger partial charge is 0.289 e. The number of hydrogen-bond acceptors (Lipinski definition) is 1. The SMILES string of the molecule is O=C(C=Cc1ccccc1-c1ccc(Br)cc1)c1ccccc1. The van der Waals surface area contributed by atoms with E-state index in [0.29, 0.717) is 5.56 Å². The van der Waals surface area contributed by atoms with E-state index in [4.69, 9.17) is 0 Å². The van der Waals surface area contributed by atoms with Gasteiger partial charge in [-0.2, -0.15) is 0 Å². The molecule has 0 aliphatic heterocycles. The van der Waals surface area contributed by atoms with E-state index in [1.54, 1.807) is 6.08 Å². The van der Waals surface area contributed by atoms with E-state index in [2.05, 4.69) is 34.1 Å². The van der Waals surface area contributed by atoms with Crippen molar-refractivity contribution in [2.45, 2.75) is 0 Å². The number of ketones is 1. The molecule has 3 aromatic rings. The molecule has 0 unspecified atom stereocenters. The predicted molar refractivity (Wildman–Crippen MR) is 99.4 cm³/mol. The molecule has 3 aromatic carbocycles. The van der Waals surface area contributed by atoms with Gasteiger partial charge in [0.05, 0.1) is 0 Å². The van der Waals surface area contributed by atoms with Crippen molar-refractivity contribution < 1.29 is 4.79 Å². The molecule has 0 saturated heterocycles. The molecular formula is C21H15BrO. The van der Waals surface area contributed by atoms with Gasteiger partial charge in [-0.25, -0.2) is 0 Å². The zero-order valence-electron chi connectivity index (χ0n) is 12.4. The first-order chi connectivity index (χ1) is 11.2. The van der Waals surface area contributed by atoms with Crippen molar-refractivity contribution in [1.82, 2.24) is 0 Å². The number of hydrogen-bond donors (Lipinski definition) is 0. The normalized spacial score (nSPS) is 10.8. The maximum absolute atomic E-state index is 12.2. The first kappa shape index (κ1) is 15.4. The van der Waals surface area contributed by atoms with Crippen molar-refractivity contribution in [3.05, 3.63) is 101 Å². The minimum absolute atomic E-state index is 0.0104. The highest BCUT2D eigenvalue weighted by Crippen LogP contribution is 2.26. The van der Waals surface area contributed by atoms with Crippen LogP contribution in [0.25, 0.3) is 17.2 Å². The number of allylic oxidation sites excluding steroid dienone is 1. The minimum atomic E-state index is 0.0104. The fourth-order valence-electron chi connectivity index (χ4n) is 2.40. The Balaban J connectivity index is 1.90. The first-order valence-electron chi connectivity index (χ1n) is 7.36. The molecule has 2 heteroatoms. The summed E-state index contributed by atoms with van der Waals surface area (Å²) in [6, 6.07) is 25.5. The molecular weight excluding hydrogens is 348 g/mol. The van der Waals surface area contributed by atoms with Crippen LogP contribution in [-0.2, 0) is 0 Å². The maximum atomic E-state index is 12.2. The number of halogens is 1. The van der Waals surface area contributed by atoms with Crippen molar-refractivity contribution in [3.8, 4) is 11.1 Å². The van der Waals surface area contributed by atoms with Gasteiger partial charge in [0, 0.05) is 10.0 Å². The summed E-state index contributed by atoms with van der Waals surface area (Å²) in [5.41, 5.74) is 3.96. The van der Waals surface area contributed by atoms with E-state index in [1.807, 2.05) is 66.7 Å². The third-order valence-corrected chi connectivity index (χ3v) is 4.12. The van der Waals surface area contributed by atoms with Gasteiger partial charge in [0.15, 0.2) is 5.78 Å². The number of rotatable bonds is 4. The fourth-order valence-corrected chi connectivity index (χ4v) is 2.66. The highest BCUT2D eigenvalue weighted by molar-refractivity contribution is 9.10. The molecule has 0 saturated carbocycles. The highest BCUT2D eigenvalue weighted by Gasteiger charge is 2.04. The summed E-state index contributed by atoms with van der Waals surface area (Å²) in [7, 11) is 0. The van der Waals surface area contributed by atoms with Crippen LogP contribution in [0, 0.1) is 0 Å². The molecule has 23 heavy (non-hydrogen) atoms. The zero-order valence-corrected chi connectivity index (χ0v) is 14.0. The second-order valence-electron chi connectivity index (χ2n) is 5.16. The average Bonchev–Trinajstić information content (AvgIpc) is 2.61. The van der Waals surface area contributed by atoms with Crippen LogP contribution < -0.4 is 0 Å². The molecule has 0 radical (unpaired) electrons. The van der Waals surface area contributed by atoms with Gasteiger partial charge in [-0.05, 0) is 34.9 Å². The van der Waals surface area contributed by atoms with E-state index in [-0.39, 0.29) is 5.78 Å². The molecule has 0 atom stereocenters. The molecule has 0 heterocycles. The van der Waals surface area contributed by atoms with Crippen LogP contribution in [0.3, 0.4) is 0 Å². The molecule has 0 spiro atoms. The number of benzene rings is 3. The Labute approximate surface area is 144 Å².